The molecule has 0 aromatic rings. The predicted molar refractivity (Wildman–Crippen MR) is 55.8 cm³/mol. The van der Waals surface area contributed by atoms with Gasteiger partial charge in [-0.05, 0) is 13.3 Å². The Bertz CT molecular complexity index is 223. The monoisotopic (exact) mass is 241 g/mol. The number of aliphatic hydroxyl groups is 2. The molecule has 15 heavy (non-hydrogen) atoms. The molecule has 0 spiro atoms. The van der Waals surface area contributed by atoms with Crippen LogP contribution in [0.25, 0.3) is 0 Å². The Hall–Kier alpha value is -0.210. The molecule has 0 amide bonds. The van der Waals surface area contributed by atoms with Crippen molar-refractivity contribution in [2.45, 2.75) is 32.2 Å². The summed E-state index contributed by atoms with van der Waals surface area (Å²) >= 11 is 0. The van der Waals surface area contributed by atoms with Crippen LogP contribution in [-0.4, -0.2) is 55.5 Å². The summed E-state index contributed by atoms with van der Waals surface area (Å²) in [4.78, 5) is 0. The van der Waals surface area contributed by atoms with Crippen LogP contribution >= 0.6 is 0 Å². The van der Waals surface area contributed by atoms with Crippen LogP contribution in [-0.2, 0) is 15.6 Å². The minimum absolute atomic E-state index is 0.175. The Morgan fingerprint density at radius 1 is 1.33 bits per heavy atom. The molecule has 0 aliphatic heterocycles. The average Bonchev–Trinajstić information content (AvgIpc) is 2.14. The van der Waals surface area contributed by atoms with E-state index >= 15 is 0 Å². The Morgan fingerprint density at radius 2 is 1.93 bits per heavy atom. The van der Waals surface area contributed by atoms with Crippen molar-refractivity contribution in [3.63, 3.8) is 0 Å². The normalized spacial score (nSPS) is 14.1. The molecule has 0 saturated carbocycles. The first-order valence-corrected chi connectivity index (χ1v) is 5.93. The Labute approximate surface area is 91.5 Å². The van der Waals surface area contributed by atoms with Gasteiger partial charge in [-0.3, -0.25) is 0 Å². The van der Waals surface area contributed by atoms with Gasteiger partial charge in [-0.1, -0.05) is 0 Å². The lowest BCUT2D eigenvalue weighted by molar-refractivity contribution is -0.0587. The molecule has 0 heterocycles. The summed E-state index contributed by atoms with van der Waals surface area (Å²) in [5.41, 5.74) is 0. The fraction of sp³-hybridized carbons (Fsp3) is 1.00. The minimum Gasteiger partial charge on any atom is -0.377 e. The van der Waals surface area contributed by atoms with Crippen molar-refractivity contribution in [2.24, 2.45) is 0 Å². The number of rotatable bonds is 8. The second kappa shape index (κ2) is 8.00. The lowest BCUT2D eigenvalue weighted by atomic mass is 10.2. The first-order chi connectivity index (χ1) is 6.97. The number of ether oxygens (including phenoxy) is 1. The van der Waals surface area contributed by atoms with E-state index in [1.54, 1.807) is 6.92 Å². The minimum atomic E-state index is -2.60. The van der Waals surface area contributed by atoms with Crippen LogP contribution in [0.2, 0.25) is 0 Å². The van der Waals surface area contributed by atoms with Gasteiger partial charge in [0.2, 0.25) is 10.9 Å². The summed E-state index contributed by atoms with van der Waals surface area (Å²) in [6, 6.07) is 0. The Morgan fingerprint density at radius 3 is 2.33 bits per heavy atom. The van der Waals surface area contributed by atoms with E-state index in [4.69, 9.17) is 14.9 Å². The molecule has 0 unspecified atom stereocenters. The second-order valence-corrected chi connectivity index (χ2v) is 4.37. The van der Waals surface area contributed by atoms with Gasteiger partial charge in [0.1, 0.15) is 0 Å². The molecule has 7 heteroatoms. The van der Waals surface area contributed by atoms with Gasteiger partial charge >= 0.3 is 0 Å². The molecule has 1 atom stereocenters. The summed E-state index contributed by atoms with van der Waals surface area (Å²) in [5, 5.41) is 17.4. The number of hydrogen-bond donors (Lipinski definition) is 3. The molecule has 0 radical (unpaired) electrons. The Balaban J connectivity index is 4.02. The summed E-state index contributed by atoms with van der Waals surface area (Å²) < 4.78 is 27.6. The molecular formula is C8H19NO5S. The lowest BCUT2D eigenvalue weighted by Crippen LogP contribution is -2.31. The van der Waals surface area contributed by atoms with Crippen LogP contribution in [0, 0.1) is 0 Å². The van der Waals surface area contributed by atoms with Crippen LogP contribution in [0.15, 0.2) is 0 Å². The summed E-state index contributed by atoms with van der Waals surface area (Å²) in [7, 11) is -1.15. The van der Waals surface area contributed by atoms with Gasteiger partial charge < -0.3 is 14.9 Å². The summed E-state index contributed by atoms with van der Waals surface area (Å²) in [5.74, 6) is 0. The van der Waals surface area contributed by atoms with Crippen molar-refractivity contribution in [3.8, 4) is 0 Å². The maximum absolute atomic E-state index is 10.6. The van der Waals surface area contributed by atoms with Crippen LogP contribution < -0.4 is 0 Å². The summed E-state index contributed by atoms with van der Waals surface area (Å²) in [6.07, 6.45) is -1.08. The van der Waals surface area contributed by atoms with E-state index in [2.05, 4.69) is 0 Å². The van der Waals surface area contributed by atoms with Gasteiger partial charge in [-0.15, -0.1) is 0 Å². The third-order valence-corrected chi connectivity index (χ3v) is 2.62. The van der Waals surface area contributed by atoms with E-state index in [0.29, 0.717) is 13.0 Å². The average molecular weight is 241 g/mol. The second-order valence-electron chi connectivity index (χ2n) is 3.21. The van der Waals surface area contributed by atoms with Crippen molar-refractivity contribution < 1.29 is 23.4 Å². The van der Waals surface area contributed by atoms with E-state index in [1.165, 1.54) is 7.05 Å². The third kappa shape index (κ3) is 7.69. The maximum atomic E-state index is 10.6. The third-order valence-electron chi connectivity index (χ3n) is 1.90. The van der Waals surface area contributed by atoms with E-state index in [1.807, 2.05) is 0 Å². The van der Waals surface area contributed by atoms with Crippen LogP contribution in [0.5, 0.6) is 0 Å². The molecule has 0 aliphatic carbocycles. The number of hydrogen-bond acceptors (Lipinski definition) is 5. The van der Waals surface area contributed by atoms with Crippen molar-refractivity contribution >= 4 is 10.9 Å². The van der Waals surface area contributed by atoms with Crippen molar-refractivity contribution in [2.75, 3.05) is 20.2 Å². The van der Waals surface area contributed by atoms with E-state index in [9.17, 15) is 8.42 Å². The van der Waals surface area contributed by atoms with Gasteiger partial charge in [0.15, 0.2) is 6.29 Å². The van der Waals surface area contributed by atoms with Crippen LogP contribution in [0.4, 0.5) is 0 Å². The van der Waals surface area contributed by atoms with Crippen molar-refractivity contribution in [1.82, 2.24) is 4.31 Å². The topological polar surface area (TPSA) is 87.1 Å². The van der Waals surface area contributed by atoms with Gasteiger partial charge in [-0.25, -0.2) is 12.7 Å². The lowest BCUT2D eigenvalue weighted by Gasteiger charge is -2.20. The zero-order valence-corrected chi connectivity index (χ0v) is 9.89. The molecule has 0 aliphatic rings. The Kier molecular flexibility index (Phi) is 7.89. The van der Waals surface area contributed by atoms with E-state index in [-0.39, 0.29) is 19.1 Å². The van der Waals surface area contributed by atoms with Crippen molar-refractivity contribution in [1.29, 1.82) is 0 Å². The first-order valence-electron chi connectivity index (χ1n) is 4.80. The summed E-state index contributed by atoms with van der Waals surface area (Å²) in [6.45, 7) is 2.51. The maximum Gasteiger partial charge on any atom is 0.203 e. The van der Waals surface area contributed by atoms with Crippen molar-refractivity contribution in [3.05, 3.63) is 0 Å². The van der Waals surface area contributed by atoms with E-state index in [0.717, 1.165) is 4.31 Å². The highest BCUT2D eigenvalue weighted by atomic mass is 32.2. The molecule has 0 bridgehead atoms. The molecular weight excluding hydrogens is 222 g/mol. The van der Waals surface area contributed by atoms with Gasteiger partial charge in [0, 0.05) is 26.6 Å². The molecule has 0 aromatic carbocycles. The van der Waals surface area contributed by atoms with Crippen LogP contribution in [0.3, 0.4) is 0 Å². The number of likely N-dealkylation sites (N-methyl/N-ethyl adjacent to an activating group) is 1. The highest BCUT2D eigenvalue weighted by molar-refractivity contribution is 7.69. The molecule has 92 valence electrons. The molecule has 0 fully saturated rings. The van der Waals surface area contributed by atoms with Gasteiger partial charge in [0.05, 0.1) is 6.10 Å². The molecule has 2 N–H and O–H groups in total. The fourth-order valence-corrected chi connectivity index (χ4v) is 1.47. The smallest absolute Gasteiger partial charge is 0.203 e. The standard InChI is InChI=1S/C8H19NO5S/c1-3-14-7(4-5-8(10)11)6-9(2)15(12)13/h7-8,10-11,15H,3-6H2,1-2H3/t7-/m0/s1. The quantitative estimate of drug-likeness (QED) is 0.372. The molecule has 0 aromatic heterocycles. The molecule has 6 nitrogen and oxygen atoms in total. The first kappa shape index (κ1) is 14.8. The zero-order chi connectivity index (χ0) is 11.8. The largest absolute Gasteiger partial charge is 0.377 e. The molecule has 0 saturated heterocycles. The fourth-order valence-electron chi connectivity index (χ4n) is 1.16. The highest BCUT2D eigenvalue weighted by Gasteiger charge is 2.14. The number of nitrogens with zero attached hydrogens (tertiary/aromatic N) is 1. The van der Waals surface area contributed by atoms with Gasteiger partial charge in [0.25, 0.3) is 0 Å². The SMILES string of the molecule is CCO[C@@H](CCC(O)O)CN(C)[SH](=O)=O. The number of aliphatic hydroxyl groups excluding tert-OH is 1. The highest BCUT2D eigenvalue weighted by Crippen LogP contribution is 2.06. The van der Waals surface area contributed by atoms with Crippen LogP contribution in [0.1, 0.15) is 19.8 Å². The zero-order valence-electron chi connectivity index (χ0n) is 9.00. The molecule has 0 rings (SSSR count). The predicted octanol–water partition coefficient (Wildman–Crippen LogP) is -1.06. The van der Waals surface area contributed by atoms with E-state index < -0.39 is 17.2 Å². The van der Waals surface area contributed by atoms with Gasteiger partial charge in [-0.2, -0.15) is 0 Å². The number of thiol groups is 1.